The predicted octanol–water partition coefficient (Wildman–Crippen LogP) is 3.14. The van der Waals surface area contributed by atoms with Gasteiger partial charge in [-0.25, -0.2) is 0 Å². The first-order chi connectivity index (χ1) is 16.2. The summed E-state index contributed by atoms with van der Waals surface area (Å²) in [5.41, 5.74) is 4.53. The highest BCUT2D eigenvalue weighted by Crippen LogP contribution is 2.42. The third-order valence-corrected chi connectivity index (χ3v) is 7.14. The zero-order valence-electron chi connectivity index (χ0n) is 18.8. The molecule has 170 valence electrons. The van der Waals surface area contributed by atoms with Crippen LogP contribution in [-0.4, -0.2) is 69.1 Å². The summed E-state index contributed by atoms with van der Waals surface area (Å²) in [5, 5.41) is 10.2. The Morgan fingerprint density at radius 3 is 2.21 bits per heavy atom. The van der Waals surface area contributed by atoms with Gasteiger partial charge in [0.2, 0.25) is 5.91 Å². The molecule has 2 aromatic heterocycles. The largest absolute Gasteiger partial charge is 0.395 e. The molecular formula is C27H30N4O2. The van der Waals surface area contributed by atoms with E-state index < -0.39 is 0 Å². The van der Waals surface area contributed by atoms with E-state index in [1.165, 1.54) is 5.56 Å². The number of aromatic nitrogens is 2. The summed E-state index contributed by atoms with van der Waals surface area (Å²) in [6, 6.07) is 16.8. The number of pyridine rings is 2. The standard InChI is InChI=1S/C27H30N4O2/c32-19-25-27(23-5-3-21(4-6-23)22-9-13-29-14-10-22)24-18-30(15-1-2-16-31(24)25)26(33)17-20-7-11-28-12-8-20/h3-14,24-25,27,32H,1-2,15-19H2/t24-,25+,27+/m0/s1. The van der Waals surface area contributed by atoms with Crippen molar-refractivity contribution in [1.29, 1.82) is 0 Å². The van der Waals surface area contributed by atoms with Gasteiger partial charge in [0, 0.05) is 55.9 Å². The SMILES string of the molecule is O=C(Cc1ccncc1)N1CCCCN2[C@H](CO)[C@H](c3ccc(-c4ccncc4)cc3)[C@@H]2C1. The van der Waals surface area contributed by atoms with E-state index in [0.717, 1.165) is 42.6 Å². The molecule has 2 aliphatic rings. The minimum absolute atomic E-state index is 0.108. The van der Waals surface area contributed by atoms with Crippen molar-refractivity contribution >= 4 is 5.91 Å². The van der Waals surface area contributed by atoms with Gasteiger partial charge in [-0.05, 0) is 65.9 Å². The van der Waals surface area contributed by atoms with Crippen molar-refractivity contribution in [3.05, 3.63) is 84.4 Å². The Labute approximate surface area is 194 Å². The zero-order chi connectivity index (χ0) is 22.6. The van der Waals surface area contributed by atoms with Crippen molar-refractivity contribution < 1.29 is 9.90 Å². The molecule has 6 nitrogen and oxygen atoms in total. The molecule has 0 radical (unpaired) electrons. The summed E-state index contributed by atoms with van der Waals surface area (Å²) in [4.78, 5) is 25.7. The number of carbonyl (C=O) groups is 1. The summed E-state index contributed by atoms with van der Waals surface area (Å²) in [6.07, 6.45) is 9.53. The molecule has 1 amide bonds. The predicted molar refractivity (Wildman–Crippen MR) is 128 cm³/mol. The Kier molecular flexibility index (Phi) is 6.46. The van der Waals surface area contributed by atoms with Gasteiger partial charge < -0.3 is 10.0 Å². The Morgan fingerprint density at radius 1 is 0.879 bits per heavy atom. The van der Waals surface area contributed by atoms with Crippen LogP contribution in [0.3, 0.4) is 0 Å². The highest BCUT2D eigenvalue weighted by molar-refractivity contribution is 5.78. The van der Waals surface area contributed by atoms with Crippen LogP contribution in [0.1, 0.15) is 29.9 Å². The molecule has 6 heteroatoms. The number of rotatable bonds is 5. The van der Waals surface area contributed by atoms with Crippen LogP contribution in [0, 0.1) is 0 Å². The highest BCUT2D eigenvalue weighted by Gasteiger charge is 2.49. The van der Waals surface area contributed by atoms with Crippen molar-refractivity contribution in [1.82, 2.24) is 19.8 Å². The van der Waals surface area contributed by atoms with E-state index in [4.69, 9.17) is 0 Å². The number of nitrogens with zero attached hydrogens (tertiary/aromatic N) is 4. The Hall–Kier alpha value is -3.09. The maximum absolute atomic E-state index is 13.1. The van der Waals surface area contributed by atoms with Crippen LogP contribution in [0.25, 0.3) is 11.1 Å². The molecule has 33 heavy (non-hydrogen) atoms. The van der Waals surface area contributed by atoms with Gasteiger partial charge >= 0.3 is 0 Å². The second-order valence-electron chi connectivity index (χ2n) is 9.02. The fourth-order valence-electron chi connectivity index (χ4n) is 5.40. The molecule has 2 fully saturated rings. The first-order valence-corrected chi connectivity index (χ1v) is 11.8. The van der Waals surface area contributed by atoms with E-state index in [-0.39, 0.29) is 30.5 Å². The molecule has 0 bridgehead atoms. The second-order valence-corrected chi connectivity index (χ2v) is 9.02. The summed E-state index contributed by atoms with van der Waals surface area (Å²) >= 11 is 0. The average Bonchev–Trinajstić information content (AvgIpc) is 2.84. The van der Waals surface area contributed by atoms with E-state index in [1.54, 1.807) is 24.8 Å². The molecule has 2 aliphatic heterocycles. The molecular weight excluding hydrogens is 412 g/mol. The maximum atomic E-state index is 13.1. The molecule has 5 rings (SSSR count). The average molecular weight is 443 g/mol. The summed E-state index contributed by atoms with van der Waals surface area (Å²) in [5.74, 6) is 0.387. The second kappa shape index (κ2) is 9.81. The monoisotopic (exact) mass is 442 g/mol. The molecule has 0 spiro atoms. The van der Waals surface area contributed by atoms with Crippen LogP contribution < -0.4 is 0 Å². The van der Waals surface area contributed by atoms with E-state index in [9.17, 15) is 9.90 Å². The van der Waals surface area contributed by atoms with E-state index >= 15 is 0 Å². The third kappa shape index (κ3) is 4.54. The summed E-state index contributed by atoms with van der Waals surface area (Å²) in [6.45, 7) is 2.62. The minimum atomic E-state index is 0.108. The molecule has 1 N–H and O–H groups in total. The number of hydrogen-bond acceptors (Lipinski definition) is 5. The number of aliphatic hydroxyl groups excluding tert-OH is 1. The first-order valence-electron chi connectivity index (χ1n) is 11.8. The molecule has 3 aromatic rings. The van der Waals surface area contributed by atoms with Crippen LogP contribution in [0.5, 0.6) is 0 Å². The first kappa shape index (κ1) is 21.7. The highest BCUT2D eigenvalue weighted by atomic mass is 16.3. The third-order valence-electron chi connectivity index (χ3n) is 7.14. The lowest BCUT2D eigenvalue weighted by molar-refractivity contribution is -0.135. The van der Waals surface area contributed by atoms with Gasteiger partial charge in [0.1, 0.15) is 0 Å². The van der Waals surface area contributed by atoms with Crippen molar-refractivity contribution in [3.63, 3.8) is 0 Å². The van der Waals surface area contributed by atoms with E-state index in [0.29, 0.717) is 13.0 Å². The van der Waals surface area contributed by atoms with Crippen LogP contribution >= 0.6 is 0 Å². The van der Waals surface area contributed by atoms with Crippen LogP contribution in [0.2, 0.25) is 0 Å². The zero-order valence-corrected chi connectivity index (χ0v) is 18.8. The van der Waals surface area contributed by atoms with E-state index in [1.807, 2.05) is 29.2 Å². The number of hydrogen-bond donors (Lipinski definition) is 1. The van der Waals surface area contributed by atoms with Gasteiger partial charge in [-0.2, -0.15) is 0 Å². The van der Waals surface area contributed by atoms with E-state index in [2.05, 4.69) is 39.1 Å². The molecule has 0 unspecified atom stereocenters. The van der Waals surface area contributed by atoms with Gasteiger partial charge in [0.25, 0.3) is 0 Å². The Balaban J connectivity index is 1.35. The number of aliphatic hydroxyl groups is 1. The van der Waals surface area contributed by atoms with Crippen LogP contribution in [-0.2, 0) is 11.2 Å². The fraction of sp³-hybridized carbons (Fsp3) is 0.370. The number of fused-ring (bicyclic) bond motifs is 1. The number of carbonyl (C=O) groups excluding carboxylic acids is 1. The van der Waals surface area contributed by atoms with Gasteiger partial charge in [-0.3, -0.25) is 19.7 Å². The lowest BCUT2D eigenvalue weighted by Crippen LogP contribution is -2.68. The lowest BCUT2D eigenvalue weighted by atomic mass is 9.74. The molecule has 0 saturated carbocycles. The van der Waals surface area contributed by atoms with Gasteiger partial charge in [-0.15, -0.1) is 0 Å². The topological polar surface area (TPSA) is 69.6 Å². The maximum Gasteiger partial charge on any atom is 0.227 e. The van der Waals surface area contributed by atoms with Gasteiger partial charge in [0.05, 0.1) is 13.0 Å². The smallest absolute Gasteiger partial charge is 0.227 e. The Morgan fingerprint density at radius 2 is 1.52 bits per heavy atom. The van der Waals surface area contributed by atoms with Crippen molar-refractivity contribution in [3.8, 4) is 11.1 Å². The van der Waals surface area contributed by atoms with Crippen molar-refractivity contribution in [2.24, 2.45) is 0 Å². The quantitative estimate of drug-likeness (QED) is 0.658. The molecule has 4 heterocycles. The Bertz CT molecular complexity index is 1060. The fourth-order valence-corrected chi connectivity index (χ4v) is 5.40. The van der Waals surface area contributed by atoms with Crippen LogP contribution in [0.15, 0.2) is 73.3 Å². The number of amides is 1. The normalized spacial score (nSPS) is 23.2. The molecule has 3 atom stereocenters. The van der Waals surface area contributed by atoms with Crippen LogP contribution in [0.4, 0.5) is 0 Å². The van der Waals surface area contributed by atoms with Gasteiger partial charge in [0.15, 0.2) is 0 Å². The molecule has 2 saturated heterocycles. The number of benzene rings is 1. The van der Waals surface area contributed by atoms with Crippen molar-refractivity contribution in [2.45, 2.75) is 37.3 Å². The minimum Gasteiger partial charge on any atom is -0.395 e. The van der Waals surface area contributed by atoms with Gasteiger partial charge in [-0.1, -0.05) is 24.3 Å². The molecule has 0 aliphatic carbocycles. The summed E-state index contributed by atoms with van der Waals surface area (Å²) in [7, 11) is 0. The lowest BCUT2D eigenvalue weighted by Gasteiger charge is -2.57. The van der Waals surface area contributed by atoms with Crippen molar-refractivity contribution in [2.75, 3.05) is 26.2 Å². The molecule has 1 aromatic carbocycles. The summed E-state index contributed by atoms with van der Waals surface area (Å²) < 4.78 is 0.